The van der Waals surface area contributed by atoms with Gasteiger partial charge >= 0.3 is 6.03 Å². The Morgan fingerprint density at radius 1 is 1.15 bits per heavy atom. The van der Waals surface area contributed by atoms with Crippen molar-refractivity contribution in [2.75, 3.05) is 30.4 Å². The van der Waals surface area contributed by atoms with Crippen molar-refractivity contribution in [3.8, 4) is 16.9 Å². The number of alkyl halides is 1. The van der Waals surface area contributed by atoms with E-state index in [1.54, 1.807) is 25.1 Å². The second-order valence-electron chi connectivity index (χ2n) is 9.15. The lowest BCUT2D eigenvalue weighted by Crippen LogP contribution is -2.32. The van der Waals surface area contributed by atoms with Gasteiger partial charge in [0.05, 0.1) is 19.3 Å². The molecular formula is C26H28FN4O2P. The third-order valence-corrected chi connectivity index (χ3v) is 7.06. The number of halogens is 1. The zero-order valence-corrected chi connectivity index (χ0v) is 20.5. The summed E-state index contributed by atoms with van der Waals surface area (Å²) < 4.78 is 20.0. The third-order valence-electron chi connectivity index (χ3n) is 6.56. The molecule has 3 aromatic rings. The van der Waals surface area contributed by atoms with E-state index in [9.17, 15) is 9.18 Å². The van der Waals surface area contributed by atoms with E-state index in [2.05, 4.69) is 19.5 Å². The number of ether oxygens (including phenoxy) is 1. The number of aromatic nitrogens is 1. The maximum atomic E-state index is 14.7. The topological polar surface area (TPSA) is 57.7 Å². The summed E-state index contributed by atoms with van der Waals surface area (Å²) in [6, 6.07) is 15.5. The highest BCUT2D eigenvalue weighted by Crippen LogP contribution is 2.39. The molecule has 1 fully saturated rings. The van der Waals surface area contributed by atoms with Crippen LogP contribution in [0.15, 0.2) is 54.7 Å². The Bertz CT molecular complexity index is 1250. The zero-order chi connectivity index (χ0) is 23.9. The first-order chi connectivity index (χ1) is 16.3. The third kappa shape index (κ3) is 4.32. The number of rotatable bonds is 4. The van der Waals surface area contributed by atoms with Crippen molar-refractivity contribution in [1.82, 2.24) is 9.88 Å². The molecule has 0 saturated carbocycles. The lowest BCUT2D eigenvalue weighted by Gasteiger charge is -2.25. The van der Waals surface area contributed by atoms with Crippen LogP contribution in [-0.2, 0) is 13.1 Å². The highest BCUT2D eigenvalue weighted by Gasteiger charge is 2.36. The fourth-order valence-electron chi connectivity index (χ4n) is 4.71. The number of anilines is 2. The standard InChI is InChI=1S/C26H28FN4O2P/c1-26(27)10-12-30(16-26)24-23(21(9-11-28-24)20-5-3-4-6-22(20)34)29-25(32)31-14-17-7-8-19(33-2)13-18(17)15-31/h3-9,11,13H,10,12,14-16,34H2,1-2H3,(H,29,32). The van der Waals surface area contributed by atoms with E-state index in [1.165, 1.54) is 0 Å². The number of amides is 2. The number of pyridine rings is 1. The number of nitrogens with zero attached hydrogens (tertiary/aromatic N) is 3. The molecule has 6 nitrogen and oxygen atoms in total. The predicted octanol–water partition coefficient (Wildman–Crippen LogP) is 4.74. The van der Waals surface area contributed by atoms with Crippen LogP contribution >= 0.6 is 9.24 Å². The predicted molar refractivity (Wildman–Crippen MR) is 137 cm³/mol. The van der Waals surface area contributed by atoms with E-state index in [4.69, 9.17) is 4.74 Å². The molecule has 1 aromatic heterocycles. The van der Waals surface area contributed by atoms with Crippen LogP contribution < -0.4 is 20.3 Å². The van der Waals surface area contributed by atoms with Gasteiger partial charge in [-0.2, -0.15) is 0 Å². The van der Waals surface area contributed by atoms with Crippen molar-refractivity contribution in [1.29, 1.82) is 0 Å². The largest absolute Gasteiger partial charge is 0.497 e. The average Bonchev–Trinajstić information content (AvgIpc) is 3.42. The van der Waals surface area contributed by atoms with E-state index in [1.807, 2.05) is 53.4 Å². The van der Waals surface area contributed by atoms with Crippen molar-refractivity contribution < 1.29 is 13.9 Å². The molecule has 2 aliphatic heterocycles. The first kappa shape index (κ1) is 22.6. The first-order valence-electron chi connectivity index (χ1n) is 11.3. The lowest BCUT2D eigenvalue weighted by molar-refractivity contribution is 0.212. The molecule has 8 heteroatoms. The number of urea groups is 1. The van der Waals surface area contributed by atoms with Gasteiger partial charge in [0, 0.05) is 37.8 Å². The first-order valence-corrected chi connectivity index (χ1v) is 11.9. The monoisotopic (exact) mass is 478 g/mol. The highest BCUT2D eigenvalue weighted by atomic mass is 31.0. The molecule has 34 heavy (non-hydrogen) atoms. The SMILES string of the molecule is COc1ccc2c(c1)CN(C(=O)Nc1c(-c3ccccc3P)ccnc1N1CCC(C)(F)C1)C2. The quantitative estimate of drug-likeness (QED) is 0.551. The summed E-state index contributed by atoms with van der Waals surface area (Å²) in [7, 11) is 4.38. The molecule has 0 aliphatic carbocycles. The fourth-order valence-corrected chi connectivity index (χ4v) is 5.08. The second-order valence-corrected chi connectivity index (χ2v) is 9.77. The van der Waals surface area contributed by atoms with Crippen molar-refractivity contribution in [3.63, 3.8) is 0 Å². The minimum atomic E-state index is -1.28. The molecule has 2 amide bonds. The molecular weight excluding hydrogens is 450 g/mol. The number of carbonyl (C=O) groups excluding carboxylic acids is 1. The summed E-state index contributed by atoms with van der Waals surface area (Å²) in [5.41, 5.74) is 3.33. The molecule has 3 heterocycles. The van der Waals surface area contributed by atoms with Crippen molar-refractivity contribution in [2.45, 2.75) is 32.1 Å². The Balaban J connectivity index is 1.49. The molecule has 2 unspecified atom stereocenters. The summed E-state index contributed by atoms with van der Waals surface area (Å²) in [5.74, 6) is 1.37. The normalized spacial score (nSPS) is 19.3. The van der Waals surface area contributed by atoms with Gasteiger partial charge in [-0.15, -0.1) is 9.24 Å². The van der Waals surface area contributed by atoms with E-state index >= 15 is 0 Å². The van der Waals surface area contributed by atoms with Gasteiger partial charge in [0.25, 0.3) is 0 Å². The number of benzene rings is 2. The smallest absolute Gasteiger partial charge is 0.322 e. The summed E-state index contributed by atoms with van der Waals surface area (Å²) in [5, 5.41) is 4.14. The number of nitrogens with one attached hydrogen (secondary N) is 1. The number of hydrogen-bond acceptors (Lipinski definition) is 4. The number of hydrogen-bond donors (Lipinski definition) is 1. The Kier molecular flexibility index (Phi) is 5.90. The minimum absolute atomic E-state index is 0.214. The molecule has 2 aromatic carbocycles. The highest BCUT2D eigenvalue weighted by molar-refractivity contribution is 7.28. The van der Waals surface area contributed by atoms with Crippen LogP contribution in [0.4, 0.5) is 20.7 Å². The van der Waals surface area contributed by atoms with E-state index in [-0.39, 0.29) is 12.6 Å². The van der Waals surface area contributed by atoms with Gasteiger partial charge in [0.15, 0.2) is 5.82 Å². The van der Waals surface area contributed by atoms with Crippen molar-refractivity contribution >= 4 is 32.1 Å². The molecule has 0 radical (unpaired) electrons. The van der Waals surface area contributed by atoms with E-state index < -0.39 is 5.67 Å². The Labute approximate surface area is 201 Å². The second kappa shape index (κ2) is 8.88. The maximum Gasteiger partial charge on any atom is 0.322 e. The molecule has 1 N–H and O–H groups in total. The van der Waals surface area contributed by atoms with Crippen molar-refractivity contribution in [2.24, 2.45) is 0 Å². The molecule has 2 aliphatic rings. The van der Waals surface area contributed by atoms with Gasteiger partial charge in [-0.3, -0.25) is 0 Å². The maximum absolute atomic E-state index is 14.7. The fraction of sp³-hybridized carbons (Fsp3) is 0.308. The Hall–Kier alpha value is -3.18. The summed E-state index contributed by atoms with van der Waals surface area (Å²) in [6.45, 7) is 3.41. The van der Waals surface area contributed by atoms with Gasteiger partial charge in [0.2, 0.25) is 0 Å². The van der Waals surface area contributed by atoms with Crippen LogP contribution in [0.25, 0.3) is 11.1 Å². The summed E-state index contributed by atoms with van der Waals surface area (Å²) in [6.07, 6.45) is 2.15. The van der Waals surface area contributed by atoms with Crippen LogP contribution in [0, 0.1) is 0 Å². The molecule has 176 valence electrons. The minimum Gasteiger partial charge on any atom is -0.497 e. The van der Waals surface area contributed by atoms with Gasteiger partial charge in [-0.25, -0.2) is 14.2 Å². The molecule has 2 atom stereocenters. The van der Waals surface area contributed by atoms with Gasteiger partial charge in [0.1, 0.15) is 11.4 Å². The van der Waals surface area contributed by atoms with Gasteiger partial charge < -0.3 is 19.9 Å². The molecule has 0 spiro atoms. The number of fused-ring (bicyclic) bond motifs is 1. The number of carbonyl (C=O) groups is 1. The lowest BCUT2D eigenvalue weighted by atomic mass is 10.0. The Morgan fingerprint density at radius 2 is 1.94 bits per heavy atom. The summed E-state index contributed by atoms with van der Waals surface area (Å²) >= 11 is 0. The van der Waals surface area contributed by atoms with Gasteiger partial charge in [-0.1, -0.05) is 30.3 Å². The van der Waals surface area contributed by atoms with E-state index in [0.717, 1.165) is 33.3 Å². The number of methoxy groups -OCH3 is 1. The van der Waals surface area contributed by atoms with Crippen LogP contribution in [0.2, 0.25) is 0 Å². The molecule has 1 saturated heterocycles. The van der Waals surface area contributed by atoms with E-state index in [0.29, 0.717) is 37.6 Å². The van der Waals surface area contributed by atoms with Crippen LogP contribution in [-0.4, -0.2) is 41.8 Å². The average molecular weight is 479 g/mol. The van der Waals surface area contributed by atoms with Crippen LogP contribution in [0.3, 0.4) is 0 Å². The molecule has 0 bridgehead atoms. The van der Waals surface area contributed by atoms with Crippen LogP contribution in [0.5, 0.6) is 5.75 Å². The van der Waals surface area contributed by atoms with Crippen molar-refractivity contribution in [3.05, 3.63) is 65.9 Å². The van der Waals surface area contributed by atoms with Crippen LogP contribution in [0.1, 0.15) is 24.5 Å². The summed E-state index contributed by atoms with van der Waals surface area (Å²) in [4.78, 5) is 21.7. The zero-order valence-electron chi connectivity index (χ0n) is 19.3. The van der Waals surface area contributed by atoms with Gasteiger partial charge in [-0.05, 0) is 47.1 Å². The Morgan fingerprint density at radius 3 is 2.68 bits per heavy atom. The molecule has 5 rings (SSSR count).